The molecule has 2 aliphatic rings. The van der Waals surface area contributed by atoms with Gasteiger partial charge in [-0.25, -0.2) is 0 Å². The summed E-state index contributed by atoms with van der Waals surface area (Å²) in [6.07, 6.45) is 4.88. The summed E-state index contributed by atoms with van der Waals surface area (Å²) < 4.78 is 7.10. The highest BCUT2D eigenvalue weighted by Crippen LogP contribution is 2.42. The molecule has 18 heavy (non-hydrogen) atoms. The maximum absolute atomic E-state index is 6.00. The Morgan fingerprint density at radius 1 is 1.33 bits per heavy atom. The number of hydrogen-bond donors (Lipinski definition) is 1. The van der Waals surface area contributed by atoms with Gasteiger partial charge in [0.05, 0.1) is 4.47 Å². The van der Waals surface area contributed by atoms with Gasteiger partial charge in [0.15, 0.2) is 0 Å². The molecule has 3 rings (SSSR count). The quantitative estimate of drug-likeness (QED) is 0.847. The van der Waals surface area contributed by atoms with Crippen LogP contribution in [0.2, 0.25) is 0 Å². The largest absolute Gasteiger partial charge is 0.486 e. The van der Waals surface area contributed by atoms with Crippen LogP contribution in [0.3, 0.4) is 0 Å². The van der Waals surface area contributed by atoms with E-state index in [1.54, 1.807) is 0 Å². The third-order valence-electron chi connectivity index (χ3n) is 3.85. The number of hydrogen-bond acceptors (Lipinski definition) is 2. The monoisotopic (exact) mass is 309 g/mol. The third-order valence-corrected chi connectivity index (χ3v) is 4.44. The molecule has 1 unspecified atom stereocenters. The van der Waals surface area contributed by atoms with E-state index in [1.165, 1.54) is 30.4 Å². The molecule has 0 saturated carbocycles. The van der Waals surface area contributed by atoms with Crippen molar-refractivity contribution in [1.82, 2.24) is 5.32 Å². The fraction of sp³-hybridized carbons (Fsp3) is 0.600. The third kappa shape index (κ3) is 2.30. The van der Waals surface area contributed by atoms with Crippen LogP contribution in [0.1, 0.15) is 50.3 Å². The number of halogens is 1. The molecular formula is C15H20BrNO. The van der Waals surface area contributed by atoms with E-state index in [9.17, 15) is 0 Å². The van der Waals surface area contributed by atoms with Crippen LogP contribution in [0.15, 0.2) is 16.6 Å². The first-order valence-electron chi connectivity index (χ1n) is 6.80. The predicted molar refractivity (Wildman–Crippen MR) is 77.1 cm³/mol. The zero-order valence-corrected chi connectivity index (χ0v) is 12.6. The van der Waals surface area contributed by atoms with Crippen molar-refractivity contribution in [3.05, 3.63) is 27.7 Å². The lowest BCUT2D eigenvalue weighted by atomic mass is 9.94. The highest BCUT2D eigenvalue weighted by molar-refractivity contribution is 9.10. The smallest absolute Gasteiger partial charge is 0.137 e. The van der Waals surface area contributed by atoms with E-state index < -0.39 is 0 Å². The number of rotatable bonds is 1. The molecule has 1 aromatic carbocycles. The predicted octanol–water partition coefficient (Wildman–Crippen LogP) is 3.98. The Hall–Kier alpha value is -0.540. The molecule has 2 nitrogen and oxygen atoms in total. The second-order valence-corrected chi connectivity index (χ2v) is 6.89. The van der Waals surface area contributed by atoms with E-state index in [1.807, 2.05) is 0 Å². The average Bonchev–Trinajstić information content (AvgIpc) is 2.65. The van der Waals surface area contributed by atoms with E-state index >= 15 is 0 Å². The van der Waals surface area contributed by atoms with Crippen LogP contribution in [0.4, 0.5) is 0 Å². The number of piperidine rings is 1. The maximum atomic E-state index is 6.00. The first-order valence-corrected chi connectivity index (χ1v) is 7.59. The summed E-state index contributed by atoms with van der Waals surface area (Å²) in [7, 11) is 0. The molecule has 2 heterocycles. The van der Waals surface area contributed by atoms with Crippen molar-refractivity contribution in [3.8, 4) is 5.75 Å². The molecule has 0 bridgehead atoms. The van der Waals surface area contributed by atoms with Gasteiger partial charge in [0.25, 0.3) is 0 Å². The van der Waals surface area contributed by atoms with Crippen molar-refractivity contribution < 1.29 is 4.74 Å². The van der Waals surface area contributed by atoms with Gasteiger partial charge in [-0.05, 0) is 66.4 Å². The second kappa shape index (κ2) is 4.53. The summed E-state index contributed by atoms with van der Waals surface area (Å²) >= 11 is 3.66. The fourth-order valence-electron chi connectivity index (χ4n) is 3.03. The first kappa shape index (κ1) is 12.5. The SMILES string of the molecule is CC1(C)Cc2cc(C3CCCCN3)cc(Br)c2O1. The topological polar surface area (TPSA) is 21.3 Å². The Labute approximate surface area is 117 Å². The molecule has 0 aliphatic carbocycles. The highest BCUT2D eigenvalue weighted by atomic mass is 79.9. The second-order valence-electron chi connectivity index (χ2n) is 6.03. The van der Waals surface area contributed by atoms with Crippen LogP contribution in [-0.2, 0) is 6.42 Å². The van der Waals surface area contributed by atoms with Crippen LogP contribution in [-0.4, -0.2) is 12.1 Å². The lowest BCUT2D eigenvalue weighted by molar-refractivity contribution is 0.137. The summed E-state index contributed by atoms with van der Waals surface area (Å²) in [5.74, 6) is 1.04. The molecule has 98 valence electrons. The van der Waals surface area contributed by atoms with Gasteiger partial charge in [0.2, 0.25) is 0 Å². The zero-order chi connectivity index (χ0) is 12.8. The van der Waals surface area contributed by atoms with Gasteiger partial charge in [-0.1, -0.05) is 12.5 Å². The molecule has 1 aromatic rings. The lowest BCUT2D eigenvalue weighted by Crippen LogP contribution is -2.26. The van der Waals surface area contributed by atoms with Crippen LogP contribution >= 0.6 is 15.9 Å². The molecule has 1 fully saturated rings. The Morgan fingerprint density at radius 3 is 2.89 bits per heavy atom. The van der Waals surface area contributed by atoms with Crippen molar-refractivity contribution in [2.45, 2.75) is 51.2 Å². The molecule has 2 aliphatic heterocycles. The Morgan fingerprint density at radius 2 is 2.17 bits per heavy atom. The van der Waals surface area contributed by atoms with E-state index in [0.717, 1.165) is 23.2 Å². The minimum Gasteiger partial charge on any atom is -0.486 e. The van der Waals surface area contributed by atoms with E-state index in [2.05, 4.69) is 47.2 Å². The number of benzene rings is 1. The van der Waals surface area contributed by atoms with Crippen molar-refractivity contribution >= 4 is 15.9 Å². The number of ether oxygens (including phenoxy) is 1. The Kier molecular flexibility index (Phi) is 3.15. The molecule has 1 saturated heterocycles. The molecule has 0 amide bonds. The molecule has 0 radical (unpaired) electrons. The molecule has 3 heteroatoms. The summed E-state index contributed by atoms with van der Waals surface area (Å²) in [5.41, 5.74) is 2.68. The van der Waals surface area contributed by atoms with Crippen LogP contribution in [0, 0.1) is 0 Å². The summed E-state index contributed by atoms with van der Waals surface area (Å²) in [6.45, 7) is 5.44. The van der Waals surface area contributed by atoms with Gasteiger partial charge in [-0.2, -0.15) is 0 Å². The van der Waals surface area contributed by atoms with E-state index in [-0.39, 0.29) is 5.60 Å². The van der Waals surface area contributed by atoms with Gasteiger partial charge < -0.3 is 10.1 Å². The normalized spacial score (nSPS) is 25.6. The van der Waals surface area contributed by atoms with Crippen LogP contribution in [0.25, 0.3) is 0 Å². The van der Waals surface area contributed by atoms with Crippen LogP contribution < -0.4 is 10.1 Å². The van der Waals surface area contributed by atoms with Crippen molar-refractivity contribution in [2.75, 3.05) is 6.54 Å². The maximum Gasteiger partial charge on any atom is 0.137 e. The van der Waals surface area contributed by atoms with Gasteiger partial charge >= 0.3 is 0 Å². The van der Waals surface area contributed by atoms with Crippen molar-refractivity contribution in [3.63, 3.8) is 0 Å². The van der Waals surface area contributed by atoms with Gasteiger partial charge in [0, 0.05) is 12.5 Å². The highest BCUT2D eigenvalue weighted by Gasteiger charge is 2.32. The van der Waals surface area contributed by atoms with Crippen molar-refractivity contribution in [1.29, 1.82) is 0 Å². The first-order chi connectivity index (χ1) is 8.55. The number of nitrogens with one attached hydrogen (secondary N) is 1. The van der Waals surface area contributed by atoms with E-state index in [4.69, 9.17) is 4.74 Å². The lowest BCUT2D eigenvalue weighted by Gasteiger charge is -2.24. The molecule has 0 aromatic heterocycles. The molecule has 1 N–H and O–H groups in total. The van der Waals surface area contributed by atoms with Crippen molar-refractivity contribution in [2.24, 2.45) is 0 Å². The number of fused-ring (bicyclic) bond motifs is 1. The van der Waals surface area contributed by atoms with E-state index in [0.29, 0.717) is 6.04 Å². The fourth-order valence-corrected chi connectivity index (χ4v) is 3.63. The molecule has 1 atom stereocenters. The molecular weight excluding hydrogens is 290 g/mol. The molecule has 0 spiro atoms. The summed E-state index contributed by atoms with van der Waals surface area (Å²) in [6, 6.07) is 5.07. The Bertz CT molecular complexity index is 464. The zero-order valence-electron chi connectivity index (χ0n) is 11.1. The minimum absolute atomic E-state index is 0.0660. The Balaban J connectivity index is 1.93. The summed E-state index contributed by atoms with van der Waals surface area (Å²) in [4.78, 5) is 0. The van der Waals surface area contributed by atoms with Gasteiger partial charge in [0.1, 0.15) is 11.4 Å². The van der Waals surface area contributed by atoms with Gasteiger partial charge in [-0.3, -0.25) is 0 Å². The standard InChI is InChI=1S/C15H20BrNO/c1-15(2)9-11-7-10(8-12(16)14(11)18-15)13-5-3-4-6-17-13/h7-8,13,17H,3-6,9H2,1-2H3. The average molecular weight is 310 g/mol. The van der Waals surface area contributed by atoms with Gasteiger partial charge in [-0.15, -0.1) is 0 Å². The minimum atomic E-state index is -0.0660. The van der Waals surface area contributed by atoms with Crippen LogP contribution in [0.5, 0.6) is 5.75 Å². The summed E-state index contributed by atoms with van der Waals surface area (Å²) in [5, 5.41) is 3.61.